The van der Waals surface area contributed by atoms with E-state index >= 15 is 0 Å². The number of piperidine rings is 1. The van der Waals surface area contributed by atoms with E-state index < -0.39 is 0 Å². The zero-order valence-electron chi connectivity index (χ0n) is 12.6. The molecule has 3 heteroatoms. The standard InChI is InChI=1S/C15H32N2O/c1-4-9-16-10-6-5-7-11-17-12-8-14(2)15(13-17)18-3/h14-16H,4-13H2,1-3H3. The molecule has 1 heterocycles. The van der Waals surface area contributed by atoms with Crippen molar-refractivity contribution in [2.45, 2.75) is 52.1 Å². The Morgan fingerprint density at radius 3 is 2.78 bits per heavy atom. The van der Waals surface area contributed by atoms with Crippen LogP contribution in [0.1, 0.15) is 46.0 Å². The van der Waals surface area contributed by atoms with Crippen LogP contribution >= 0.6 is 0 Å². The minimum Gasteiger partial charge on any atom is -0.380 e. The van der Waals surface area contributed by atoms with Crippen molar-refractivity contribution in [3.8, 4) is 0 Å². The SMILES string of the molecule is CCCNCCCCCN1CCC(C)C(OC)C1. The molecule has 1 fully saturated rings. The van der Waals surface area contributed by atoms with Crippen LogP contribution in [-0.4, -0.2) is 50.8 Å². The second-order valence-corrected chi connectivity index (χ2v) is 5.65. The van der Waals surface area contributed by atoms with Gasteiger partial charge in [-0.25, -0.2) is 0 Å². The minimum atomic E-state index is 0.449. The maximum atomic E-state index is 5.55. The third-order valence-corrected chi connectivity index (χ3v) is 4.03. The molecule has 0 aromatic carbocycles. The average molecular weight is 256 g/mol. The smallest absolute Gasteiger partial charge is 0.0724 e. The first-order valence-corrected chi connectivity index (χ1v) is 7.73. The van der Waals surface area contributed by atoms with Crippen LogP contribution in [-0.2, 0) is 4.74 Å². The van der Waals surface area contributed by atoms with Gasteiger partial charge in [-0.1, -0.05) is 20.3 Å². The third-order valence-electron chi connectivity index (χ3n) is 4.03. The number of unbranched alkanes of at least 4 members (excludes halogenated alkanes) is 2. The average Bonchev–Trinajstić information content (AvgIpc) is 2.39. The Balaban J connectivity index is 1.99. The van der Waals surface area contributed by atoms with Crippen LogP contribution in [0.25, 0.3) is 0 Å². The summed E-state index contributed by atoms with van der Waals surface area (Å²) in [5.41, 5.74) is 0. The maximum absolute atomic E-state index is 5.55. The van der Waals surface area contributed by atoms with Crippen LogP contribution in [0.15, 0.2) is 0 Å². The van der Waals surface area contributed by atoms with Crippen molar-refractivity contribution < 1.29 is 4.74 Å². The molecule has 2 unspecified atom stereocenters. The molecule has 0 bridgehead atoms. The fourth-order valence-corrected chi connectivity index (χ4v) is 2.67. The molecule has 108 valence electrons. The fourth-order valence-electron chi connectivity index (χ4n) is 2.67. The highest BCUT2D eigenvalue weighted by molar-refractivity contribution is 4.78. The molecular formula is C15H32N2O. The topological polar surface area (TPSA) is 24.5 Å². The highest BCUT2D eigenvalue weighted by Crippen LogP contribution is 2.19. The fraction of sp³-hybridized carbons (Fsp3) is 1.00. The maximum Gasteiger partial charge on any atom is 0.0724 e. The summed E-state index contributed by atoms with van der Waals surface area (Å²) in [5, 5.41) is 3.46. The van der Waals surface area contributed by atoms with Gasteiger partial charge in [-0.3, -0.25) is 0 Å². The monoisotopic (exact) mass is 256 g/mol. The number of hydrogen-bond acceptors (Lipinski definition) is 3. The molecule has 0 amide bonds. The lowest BCUT2D eigenvalue weighted by Crippen LogP contribution is -2.44. The number of ether oxygens (including phenoxy) is 1. The number of rotatable bonds is 9. The Hall–Kier alpha value is -0.120. The number of nitrogens with zero attached hydrogens (tertiary/aromatic N) is 1. The largest absolute Gasteiger partial charge is 0.380 e. The summed E-state index contributed by atoms with van der Waals surface area (Å²) in [7, 11) is 1.85. The van der Waals surface area contributed by atoms with Gasteiger partial charge in [-0.2, -0.15) is 0 Å². The van der Waals surface area contributed by atoms with Gasteiger partial charge in [0.2, 0.25) is 0 Å². The third kappa shape index (κ3) is 6.17. The summed E-state index contributed by atoms with van der Waals surface area (Å²) in [6.45, 7) is 10.5. The van der Waals surface area contributed by atoms with Crippen molar-refractivity contribution >= 4 is 0 Å². The molecule has 0 saturated carbocycles. The summed E-state index contributed by atoms with van der Waals surface area (Å²) in [6, 6.07) is 0. The zero-order valence-corrected chi connectivity index (χ0v) is 12.6. The van der Waals surface area contributed by atoms with Gasteiger partial charge in [0.25, 0.3) is 0 Å². The van der Waals surface area contributed by atoms with Crippen molar-refractivity contribution in [2.24, 2.45) is 5.92 Å². The van der Waals surface area contributed by atoms with E-state index in [-0.39, 0.29) is 0 Å². The highest BCUT2D eigenvalue weighted by atomic mass is 16.5. The Labute approximate surface area is 113 Å². The van der Waals surface area contributed by atoms with E-state index in [9.17, 15) is 0 Å². The first-order valence-electron chi connectivity index (χ1n) is 7.73. The zero-order chi connectivity index (χ0) is 13.2. The van der Waals surface area contributed by atoms with Gasteiger partial charge in [-0.05, 0) is 57.8 Å². The lowest BCUT2D eigenvalue weighted by atomic mass is 9.95. The molecule has 1 rings (SSSR count). The molecule has 0 aromatic rings. The van der Waals surface area contributed by atoms with E-state index in [1.807, 2.05) is 7.11 Å². The lowest BCUT2D eigenvalue weighted by Gasteiger charge is -2.36. The van der Waals surface area contributed by atoms with Crippen LogP contribution in [0, 0.1) is 5.92 Å². The predicted molar refractivity (Wildman–Crippen MR) is 78.0 cm³/mol. The van der Waals surface area contributed by atoms with Crippen molar-refractivity contribution in [3.05, 3.63) is 0 Å². The minimum absolute atomic E-state index is 0.449. The van der Waals surface area contributed by atoms with Gasteiger partial charge in [0, 0.05) is 13.7 Å². The van der Waals surface area contributed by atoms with Crippen LogP contribution in [0.3, 0.4) is 0 Å². The molecule has 18 heavy (non-hydrogen) atoms. The van der Waals surface area contributed by atoms with Gasteiger partial charge in [-0.15, -0.1) is 0 Å². The van der Waals surface area contributed by atoms with Crippen LogP contribution in [0.4, 0.5) is 0 Å². The Bertz CT molecular complexity index is 199. The normalized spacial score (nSPS) is 25.5. The number of nitrogens with one attached hydrogen (secondary N) is 1. The molecule has 1 saturated heterocycles. The molecule has 1 aliphatic rings. The van der Waals surface area contributed by atoms with Crippen molar-refractivity contribution in [3.63, 3.8) is 0 Å². The van der Waals surface area contributed by atoms with Gasteiger partial charge in [0.15, 0.2) is 0 Å². The first kappa shape index (κ1) is 15.9. The summed E-state index contributed by atoms with van der Waals surface area (Å²) in [4.78, 5) is 2.58. The summed E-state index contributed by atoms with van der Waals surface area (Å²) in [6.07, 6.45) is 6.97. The van der Waals surface area contributed by atoms with E-state index in [0.717, 1.165) is 12.5 Å². The van der Waals surface area contributed by atoms with E-state index in [0.29, 0.717) is 6.10 Å². The molecular weight excluding hydrogens is 224 g/mol. The van der Waals surface area contributed by atoms with E-state index in [2.05, 4.69) is 24.1 Å². The van der Waals surface area contributed by atoms with Crippen molar-refractivity contribution in [2.75, 3.05) is 39.8 Å². The van der Waals surface area contributed by atoms with E-state index in [4.69, 9.17) is 4.74 Å². The number of hydrogen-bond donors (Lipinski definition) is 1. The Kier molecular flexibility index (Phi) is 8.64. The predicted octanol–water partition coefficient (Wildman–Crippen LogP) is 2.51. The Morgan fingerprint density at radius 1 is 1.22 bits per heavy atom. The molecule has 0 spiro atoms. The van der Waals surface area contributed by atoms with Gasteiger partial charge in [0.1, 0.15) is 0 Å². The summed E-state index contributed by atoms with van der Waals surface area (Å²) in [5.74, 6) is 0.726. The first-order chi connectivity index (χ1) is 8.77. The second-order valence-electron chi connectivity index (χ2n) is 5.65. The lowest BCUT2D eigenvalue weighted by molar-refractivity contribution is -0.00524. The molecule has 1 N–H and O–H groups in total. The van der Waals surface area contributed by atoms with Crippen LogP contribution in [0.5, 0.6) is 0 Å². The quantitative estimate of drug-likeness (QED) is 0.642. The molecule has 0 radical (unpaired) electrons. The van der Waals surface area contributed by atoms with Gasteiger partial charge >= 0.3 is 0 Å². The van der Waals surface area contributed by atoms with Crippen LogP contribution < -0.4 is 5.32 Å². The van der Waals surface area contributed by atoms with E-state index in [1.54, 1.807) is 0 Å². The van der Waals surface area contributed by atoms with E-state index in [1.165, 1.54) is 58.3 Å². The number of methoxy groups -OCH3 is 1. The van der Waals surface area contributed by atoms with Gasteiger partial charge in [0.05, 0.1) is 6.10 Å². The molecule has 3 nitrogen and oxygen atoms in total. The Morgan fingerprint density at radius 2 is 2.06 bits per heavy atom. The van der Waals surface area contributed by atoms with Crippen molar-refractivity contribution in [1.29, 1.82) is 0 Å². The van der Waals surface area contributed by atoms with Crippen LogP contribution in [0.2, 0.25) is 0 Å². The summed E-state index contributed by atoms with van der Waals surface area (Å²) < 4.78 is 5.55. The second kappa shape index (κ2) is 9.76. The summed E-state index contributed by atoms with van der Waals surface area (Å²) >= 11 is 0. The highest BCUT2D eigenvalue weighted by Gasteiger charge is 2.25. The molecule has 2 atom stereocenters. The van der Waals surface area contributed by atoms with Crippen molar-refractivity contribution in [1.82, 2.24) is 10.2 Å². The van der Waals surface area contributed by atoms with Gasteiger partial charge < -0.3 is 15.0 Å². The molecule has 1 aliphatic heterocycles. The molecule has 0 aliphatic carbocycles. The molecule has 0 aromatic heterocycles. The number of likely N-dealkylation sites (tertiary alicyclic amines) is 1.